The molecule has 0 amide bonds. The lowest BCUT2D eigenvalue weighted by Crippen LogP contribution is -2.44. The van der Waals surface area contributed by atoms with E-state index in [1.54, 1.807) is 28.6 Å². The Bertz CT molecular complexity index is 501. The Hall–Kier alpha value is 0.0900. The average molecular weight is 397 g/mol. The minimum absolute atomic E-state index is 0.0763. The van der Waals surface area contributed by atoms with Crippen molar-refractivity contribution in [1.29, 1.82) is 0 Å². The van der Waals surface area contributed by atoms with Gasteiger partial charge in [0.05, 0.1) is 4.90 Å². The first-order valence-electron chi connectivity index (χ1n) is 5.89. The van der Waals surface area contributed by atoms with Crippen LogP contribution in [0.25, 0.3) is 0 Å². The zero-order valence-electron chi connectivity index (χ0n) is 9.85. The molecule has 6 heteroatoms. The molecule has 1 aromatic carbocycles. The number of nitrogens with zero attached hydrogens (tertiary/aromatic N) is 1. The van der Waals surface area contributed by atoms with Crippen LogP contribution in [-0.4, -0.2) is 30.6 Å². The van der Waals surface area contributed by atoms with Gasteiger partial charge in [0, 0.05) is 22.4 Å². The summed E-state index contributed by atoms with van der Waals surface area (Å²) in [5, 5.41) is 0.697. The van der Waals surface area contributed by atoms with Gasteiger partial charge in [0.15, 0.2) is 0 Å². The van der Waals surface area contributed by atoms with Crippen molar-refractivity contribution >= 4 is 41.9 Å². The smallest absolute Gasteiger partial charge is 0.207 e. The first-order valence-corrected chi connectivity index (χ1v) is 9.24. The number of hydrogen-bond donors (Lipinski definition) is 0. The Morgan fingerprint density at radius 2 is 1.89 bits per heavy atom. The number of hydrogen-bond acceptors (Lipinski definition) is 2. The number of sulfonamides is 1. The van der Waals surface area contributed by atoms with E-state index >= 15 is 0 Å². The number of halogens is 2. The van der Waals surface area contributed by atoms with E-state index in [4.69, 9.17) is 0 Å². The molecule has 0 N–H and O–H groups in total. The molecule has 100 valence electrons. The van der Waals surface area contributed by atoms with Crippen molar-refractivity contribution in [2.75, 3.05) is 11.9 Å². The predicted molar refractivity (Wildman–Crippen MR) is 79.5 cm³/mol. The summed E-state index contributed by atoms with van der Waals surface area (Å²) in [7, 11) is -3.36. The Balaban J connectivity index is 2.32. The molecule has 1 fully saturated rings. The summed E-state index contributed by atoms with van der Waals surface area (Å²) in [4.78, 5) is 0.374. The van der Waals surface area contributed by atoms with Gasteiger partial charge in [-0.15, -0.1) is 0 Å². The SMILES string of the molecule is O=S(=O)(c1ccc(Br)cc1)N1CCCCC1CBr. The van der Waals surface area contributed by atoms with Gasteiger partial charge in [-0.1, -0.05) is 38.3 Å². The Kier molecular flexibility index (Phi) is 4.86. The maximum absolute atomic E-state index is 12.6. The van der Waals surface area contributed by atoms with E-state index in [2.05, 4.69) is 31.9 Å². The second-order valence-electron chi connectivity index (χ2n) is 4.37. The highest BCUT2D eigenvalue weighted by atomic mass is 79.9. The van der Waals surface area contributed by atoms with E-state index < -0.39 is 10.0 Å². The van der Waals surface area contributed by atoms with Crippen molar-refractivity contribution in [3.8, 4) is 0 Å². The molecule has 1 aliphatic rings. The number of alkyl halides is 1. The molecule has 1 atom stereocenters. The fraction of sp³-hybridized carbons (Fsp3) is 0.500. The molecule has 3 nitrogen and oxygen atoms in total. The van der Waals surface area contributed by atoms with Gasteiger partial charge >= 0.3 is 0 Å². The van der Waals surface area contributed by atoms with E-state index in [1.807, 2.05) is 0 Å². The number of piperidine rings is 1. The van der Waals surface area contributed by atoms with Crippen molar-refractivity contribution in [2.45, 2.75) is 30.2 Å². The molecule has 1 aromatic rings. The average Bonchev–Trinajstić information content (AvgIpc) is 2.39. The molecule has 0 spiro atoms. The van der Waals surface area contributed by atoms with Gasteiger partial charge < -0.3 is 0 Å². The molecule has 1 aliphatic heterocycles. The van der Waals surface area contributed by atoms with Crippen LogP contribution in [0, 0.1) is 0 Å². The van der Waals surface area contributed by atoms with Gasteiger partial charge in [0.1, 0.15) is 0 Å². The molecular formula is C12H15Br2NO2S. The molecule has 1 saturated heterocycles. The third kappa shape index (κ3) is 2.98. The Morgan fingerprint density at radius 3 is 2.50 bits per heavy atom. The third-order valence-electron chi connectivity index (χ3n) is 3.17. The monoisotopic (exact) mass is 395 g/mol. The lowest BCUT2D eigenvalue weighted by molar-refractivity contribution is 0.273. The summed E-state index contributed by atoms with van der Waals surface area (Å²) < 4.78 is 27.6. The summed E-state index contributed by atoms with van der Waals surface area (Å²) in [6, 6.07) is 6.91. The lowest BCUT2D eigenvalue weighted by Gasteiger charge is -2.33. The number of benzene rings is 1. The summed E-state index contributed by atoms with van der Waals surface area (Å²) in [6.45, 7) is 0.620. The molecule has 0 radical (unpaired) electrons. The minimum Gasteiger partial charge on any atom is -0.207 e. The van der Waals surface area contributed by atoms with Gasteiger partial charge in [-0.2, -0.15) is 4.31 Å². The first kappa shape index (κ1) is 14.5. The second kappa shape index (κ2) is 6.03. The van der Waals surface area contributed by atoms with E-state index in [0.717, 1.165) is 23.7 Å². The van der Waals surface area contributed by atoms with E-state index in [0.29, 0.717) is 16.8 Å². The van der Waals surface area contributed by atoms with Gasteiger partial charge in [-0.05, 0) is 37.1 Å². The van der Waals surface area contributed by atoms with Crippen molar-refractivity contribution in [3.05, 3.63) is 28.7 Å². The van der Waals surface area contributed by atoms with Crippen molar-refractivity contribution in [2.24, 2.45) is 0 Å². The Morgan fingerprint density at radius 1 is 1.22 bits per heavy atom. The van der Waals surface area contributed by atoms with Crippen LogP contribution in [0.5, 0.6) is 0 Å². The standard InChI is InChI=1S/C12H15Br2NO2S/c13-9-11-3-1-2-8-15(11)18(16,17)12-6-4-10(14)5-7-12/h4-7,11H,1-3,8-9H2. The highest BCUT2D eigenvalue weighted by Crippen LogP contribution is 2.27. The van der Waals surface area contributed by atoms with Crippen LogP contribution in [0.4, 0.5) is 0 Å². The van der Waals surface area contributed by atoms with Crippen LogP contribution in [0.2, 0.25) is 0 Å². The van der Waals surface area contributed by atoms with Crippen LogP contribution in [0.15, 0.2) is 33.6 Å². The Labute approximate surface area is 125 Å². The van der Waals surface area contributed by atoms with Crippen LogP contribution in [0.3, 0.4) is 0 Å². The zero-order valence-corrected chi connectivity index (χ0v) is 13.8. The van der Waals surface area contributed by atoms with Crippen LogP contribution < -0.4 is 0 Å². The third-order valence-corrected chi connectivity index (χ3v) is 6.41. The highest BCUT2D eigenvalue weighted by molar-refractivity contribution is 9.10. The topological polar surface area (TPSA) is 37.4 Å². The summed E-state index contributed by atoms with van der Waals surface area (Å²) in [5.74, 6) is 0. The predicted octanol–water partition coefficient (Wildman–Crippen LogP) is 3.39. The van der Waals surface area contributed by atoms with Crippen molar-refractivity contribution < 1.29 is 8.42 Å². The minimum atomic E-state index is -3.36. The molecule has 0 aromatic heterocycles. The largest absolute Gasteiger partial charge is 0.243 e. The lowest BCUT2D eigenvalue weighted by atomic mass is 10.1. The molecule has 1 heterocycles. The molecule has 0 saturated carbocycles. The molecule has 2 rings (SSSR count). The molecule has 1 unspecified atom stereocenters. The van der Waals surface area contributed by atoms with Gasteiger partial charge in [-0.25, -0.2) is 8.42 Å². The maximum Gasteiger partial charge on any atom is 0.243 e. The molecule has 0 bridgehead atoms. The van der Waals surface area contributed by atoms with Crippen LogP contribution in [0.1, 0.15) is 19.3 Å². The number of rotatable bonds is 3. The second-order valence-corrected chi connectivity index (χ2v) is 7.83. The fourth-order valence-corrected chi connectivity index (χ4v) is 5.01. The summed E-state index contributed by atoms with van der Waals surface area (Å²) in [5.41, 5.74) is 0. The van der Waals surface area contributed by atoms with Gasteiger partial charge in [-0.3, -0.25) is 0 Å². The van der Waals surface area contributed by atoms with Crippen molar-refractivity contribution in [1.82, 2.24) is 4.31 Å². The van der Waals surface area contributed by atoms with Crippen LogP contribution >= 0.6 is 31.9 Å². The normalized spacial score (nSPS) is 22.0. The fourth-order valence-electron chi connectivity index (χ4n) is 2.19. The van der Waals surface area contributed by atoms with Crippen molar-refractivity contribution in [3.63, 3.8) is 0 Å². The van der Waals surface area contributed by atoms with E-state index in [9.17, 15) is 8.42 Å². The molecular weight excluding hydrogens is 382 g/mol. The highest BCUT2D eigenvalue weighted by Gasteiger charge is 2.32. The zero-order chi connectivity index (χ0) is 13.2. The van der Waals surface area contributed by atoms with E-state index in [1.165, 1.54) is 0 Å². The molecule has 18 heavy (non-hydrogen) atoms. The van der Waals surface area contributed by atoms with Gasteiger partial charge in [0.25, 0.3) is 0 Å². The quantitative estimate of drug-likeness (QED) is 0.734. The first-order chi connectivity index (χ1) is 8.55. The van der Waals surface area contributed by atoms with Crippen LogP contribution in [-0.2, 0) is 10.0 Å². The molecule has 0 aliphatic carbocycles. The van der Waals surface area contributed by atoms with Gasteiger partial charge in [0.2, 0.25) is 10.0 Å². The summed E-state index contributed by atoms with van der Waals surface area (Å²) in [6.07, 6.45) is 2.98. The van der Waals surface area contributed by atoms with E-state index in [-0.39, 0.29) is 6.04 Å². The maximum atomic E-state index is 12.6. The summed E-state index contributed by atoms with van der Waals surface area (Å²) >= 11 is 6.73.